The van der Waals surface area contributed by atoms with Crippen LogP contribution in [0.4, 0.5) is 13.2 Å². The monoisotopic (exact) mass is 354 g/mol. The van der Waals surface area contributed by atoms with Crippen molar-refractivity contribution in [1.82, 2.24) is 10.2 Å². The average molecular weight is 355 g/mol. The molecule has 0 bridgehead atoms. The fraction of sp³-hybridized carbons (Fsp3) is 0.538. The van der Waals surface area contributed by atoms with E-state index in [1.807, 2.05) is 4.90 Å². The number of carboxylic acids is 1. The number of hydrogen-bond acceptors (Lipinski definition) is 4. The molecule has 0 spiro atoms. The largest absolute Gasteiger partial charge is 0.490 e. The van der Waals surface area contributed by atoms with Crippen molar-refractivity contribution in [2.75, 3.05) is 26.2 Å². The predicted octanol–water partition coefficient (Wildman–Crippen LogP) is 1.86. The molecule has 2 aliphatic heterocycles. The van der Waals surface area contributed by atoms with Gasteiger partial charge in [0.15, 0.2) is 11.0 Å². The van der Waals surface area contributed by atoms with Crippen molar-refractivity contribution in [3.05, 3.63) is 23.1 Å². The zero-order valence-electron chi connectivity index (χ0n) is 11.8. The maximum Gasteiger partial charge on any atom is 0.490 e. The number of fused-ring (bicyclic) bond motifs is 1. The van der Waals surface area contributed by atoms with E-state index in [-0.39, 0.29) is 11.1 Å². The lowest BCUT2D eigenvalue weighted by molar-refractivity contribution is -0.192. The van der Waals surface area contributed by atoms with Gasteiger partial charge in [-0.05, 0) is 35.6 Å². The molecule has 10 heteroatoms. The summed E-state index contributed by atoms with van der Waals surface area (Å²) in [5.74, 6) is -1.24. The SMILES string of the molecule is O=C(O)C(F)(F)F.O=C(c1ccc(Cl)o1)N1C[C@H]2CNC[C@H]2C1. The molecule has 0 radical (unpaired) electrons. The van der Waals surface area contributed by atoms with Gasteiger partial charge in [0.2, 0.25) is 0 Å². The highest BCUT2D eigenvalue weighted by Gasteiger charge is 2.39. The predicted molar refractivity (Wildman–Crippen MR) is 73.2 cm³/mol. The van der Waals surface area contributed by atoms with Gasteiger partial charge in [-0.25, -0.2) is 4.79 Å². The van der Waals surface area contributed by atoms with Gasteiger partial charge in [-0.3, -0.25) is 4.79 Å². The highest BCUT2D eigenvalue weighted by Crippen LogP contribution is 2.28. The molecule has 0 unspecified atom stereocenters. The van der Waals surface area contributed by atoms with Crippen LogP contribution in [0.3, 0.4) is 0 Å². The summed E-state index contributed by atoms with van der Waals surface area (Å²) in [6.45, 7) is 3.70. The Morgan fingerprint density at radius 3 is 2.17 bits per heavy atom. The van der Waals surface area contributed by atoms with E-state index < -0.39 is 12.1 Å². The molecule has 1 aromatic heterocycles. The molecule has 1 aromatic rings. The highest BCUT2D eigenvalue weighted by atomic mass is 35.5. The Bertz CT molecular complexity index is 578. The number of halogens is 4. The van der Waals surface area contributed by atoms with E-state index >= 15 is 0 Å². The number of carbonyl (C=O) groups excluding carboxylic acids is 1. The summed E-state index contributed by atoms with van der Waals surface area (Å²) in [5.41, 5.74) is 0. The third-order valence-electron chi connectivity index (χ3n) is 3.70. The first-order chi connectivity index (χ1) is 10.7. The van der Waals surface area contributed by atoms with E-state index in [4.69, 9.17) is 25.9 Å². The summed E-state index contributed by atoms with van der Waals surface area (Å²) in [7, 11) is 0. The Morgan fingerprint density at radius 1 is 1.26 bits per heavy atom. The van der Waals surface area contributed by atoms with Gasteiger partial charge in [0.1, 0.15) is 0 Å². The van der Waals surface area contributed by atoms with E-state index in [0.29, 0.717) is 17.6 Å². The zero-order chi connectivity index (χ0) is 17.2. The van der Waals surface area contributed by atoms with Gasteiger partial charge in [-0.15, -0.1) is 0 Å². The molecule has 23 heavy (non-hydrogen) atoms. The molecule has 1 amide bonds. The van der Waals surface area contributed by atoms with Crippen LogP contribution in [0.5, 0.6) is 0 Å². The minimum absolute atomic E-state index is 0.0405. The first kappa shape index (κ1) is 17.6. The normalized spacial score (nSPS) is 23.2. The number of nitrogens with one attached hydrogen (secondary N) is 1. The third kappa shape index (κ3) is 4.38. The molecule has 2 atom stereocenters. The summed E-state index contributed by atoms with van der Waals surface area (Å²) in [5, 5.41) is 10.7. The Morgan fingerprint density at radius 2 is 1.78 bits per heavy atom. The number of amides is 1. The molecule has 6 nitrogen and oxygen atoms in total. The van der Waals surface area contributed by atoms with Crippen LogP contribution >= 0.6 is 11.6 Å². The van der Waals surface area contributed by atoms with Gasteiger partial charge in [-0.2, -0.15) is 13.2 Å². The summed E-state index contributed by atoms with van der Waals surface area (Å²) in [4.78, 5) is 22.8. The zero-order valence-corrected chi connectivity index (χ0v) is 12.5. The van der Waals surface area contributed by atoms with E-state index in [1.165, 1.54) is 0 Å². The number of rotatable bonds is 1. The van der Waals surface area contributed by atoms with Crippen molar-refractivity contribution in [3.63, 3.8) is 0 Å². The number of likely N-dealkylation sites (tertiary alicyclic amines) is 1. The standard InChI is InChI=1S/C11H13ClN2O2.C2HF3O2/c12-10-2-1-9(16-10)11(15)14-5-7-3-13-4-8(7)6-14;3-2(4,5)1(6)7/h1-2,7-8,13H,3-6H2;(H,6,7)/t7-,8+;. The minimum atomic E-state index is -5.08. The van der Waals surface area contributed by atoms with Gasteiger partial charge < -0.3 is 19.7 Å². The molecule has 3 rings (SSSR count). The van der Waals surface area contributed by atoms with Crippen molar-refractivity contribution in [3.8, 4) is 0 Å². The molecule has 2 fully saturated rings. The molecular formula is C13H14ClF3N2O4. The van der Waals surface area contributed by atoms with Crippen molar-refractivity contribution < 1.29 is 32.3 Å². The third-order valence-corrected chi connectivity index (χ3v) is 3.91. The maximum absolute atomic E-state index is 12.0. The van der Waals surface area contributed by atoms with E-state index in [1.54, 1.807) is 12.1 Å². The Labute approximate surface area is 134 Å². The van der Waals surface area contributed by atoms with Crippen LogP contribution < -0.4 is 5.32 Å². The van der Waals surface area contributed by atoms with Gasteiger partial charge >= 0.3 is 12.1 Å². The lowest BCUT2D eigenvalue weighted by Gasteiger charge is -2.15. The first-order valence-electron chi connectivity index (χ1n) is 6.74. The van der Waals surface area contributed by atoms with Gasteiger partial charge in [0.05, 0.1) is 0 Å². The number of furan rings is 1. The smallest absolute Gasteiger partial charge is 0.475 e. The van der Waals surface area contributed by atoms with Crippen LogP contribution in [0, 0.1) is 11.8 Å². The average Bonchev–Trinajstić information content (AvgIpc) is 3.11. The molecule has 2 saturated heterocycles. The molecule has 2 aliphatic rings. The van der Waals surface area contributed by atoms with Gasteiger partial charge in [0.25, 0.3) is 5.91 Å². The summed E-state index contributed by atoms with van der Waals surface area (Å²) in [6, 6.07) is 3.24. The summed E-state index contributed by atoms with van der Waals surface area (Å²) in [6.07, 6.45) is -5.08. The maximum atomic E-state index is 12.0. The Kier molecular flexibility index (Phi) is 5.20. The molecule has 0 aliphatic carbocycles. The van der Waals surface area contributed by atoms with Crippen LogP contribution in [0.25, 0.3) is 0 Å². The topological polar surface area (TPSA) is 82.8 Å². The van der Waals surface area contributed by atoms with Crippen LogP contribution in [-0.4, -0.2) is 54.2 Å². The minimum Gasteiger partial charge on any atom is -0.475 e. The second-order valence-electron chi connectivity index (χ2n) is 5.30. The van der Waals surface area contributed by atoms with Gasteiger partial charge in [0, 0.05) is 26.2 Å². The van der Waals surface area contributed by atoms with Crippen molar-refractivity contribution in [1.29, 1.82) is 0 Å². The second kappa shape index (κ2) is 6.79. The lowest BCUT2D eigenvalue weighted by Crippen LogP contribution is -2.31. The van der Waals surface area contributed by atoms with Crippen molar-refractivity contribution >= 4 is 23.5 Å². The quantitative estimate of drug-likeness (QED) is 0.804. The van der Waals surface area contributed by atoms with Crippen molar-refractivity contribution in [2.45, 2.75) is 6.18 Å². The number of nitrogens with zero attached hydrogens (tertiary/aromatic N) is 1. The molecule has 2 N–H and O–H groups in total. The number of carboxylic acid groups (broad SMARTS) is 1. The van der Waals surface area contributed by atoms with E-state index in [9.17, 15) is 18.0 Å². The fourth-order valence-electron chi connectivity index (χ4n) is 2.61. The molecule has 128 valence electrons. The molecular weight excluding hydrogens is 341 g/mol. The van der Waals surface area contributed by atoms with E-state index in [2.05, 4.69) is 5.32 Å². The van der Waals surface area contributed by atoms with Crippen molar-refractivity contribution in [2.24, 2.45) is 11.8 Å². The van der Waals surface area contributed by atoms with Crippen LogP contribution in [0.1, 0.15) is 10.6 Å². The van der Waals surface area contributed by atoms with E-state index in [0.717, 1.165) is 26.2 Å². The Balaban J connectivity index is 0.000000236. The second-order valence-corrected chi connectivity index (χ2v) is 5.67. The Hall–Kier alpha value is -1.74. The summed E-state index contributed by atoms with van der Waals surface area (Å²) >= 11 is 5.66. The van der Waals surface area contributed by atoms with Gasteiger partial charge in [-0.1, -0.05) is 0 Å². The lowest BCUT2D eigenvalue weighted by atomic mass is 10.0. The summed E-state index contributed by atoms with van der Waals surface area (Å²) < 4.78 is 36.9. The fourth-order valence-corrected chi connectivity index (χ4v) is 2.75. The van der Waals surface area contributed by atoms with Crippen LogP contribution in [0.15, 0.2) is 16.5 Å². The molecule has 0 saturated carbocycles. The van der Waals surface area contributed by atoms with Crippen LogP contribution in [-0.2, 0) is 4.79 Å². The number of alkyl halides is 3. The molecule has 3 heterocycles. The number of hydrogen-bond donors (Lipinski definition) is 2. The number of aliphatic carboxylic acids is 1. The van der Waals surface area contributed by atoms with Crippen LogP contribution in [0.2, 0.25) is 5.22 Å². The first-order valence-corrected chi connectivity index (χ1v) is 7.11. The molecule has 0 aromatic carbocycles. The highest BCUT2D eigenvalue weighted by molar-refractivity contribution is 6.29. The number of carbonyl (C=O) groups is 2.